The molecule has 0 N–H and O–H groups in total. The van der Waals surface area contributed by atoms with Gasteiger partial charge in [0, 0.05) is 13.7 Å². The fourth-order valence-corrected chi connectivity index (χ4v) is 1.26. The molecule has 0 aliphatic rings. The number of esters is 1. The number of carbonyl (C=O) groups is 1. The monoisotopic (exact) mass is 202 g/mol. The summed E-state index contributed by atoms with van der Waals surface area (Å²) in [6, 6.07) is 0. The van der Waals surface area contributed by atoms with Crippen LogP contribution in [0, 0.1) is 5.92 Å². The molecule has 0 aromatic heterocycles. The van der Waals surface area contributed by atoms with E-state index in [4.69, 9.17) is 9.47 Å². The van der Waals surface area contributed by atoms with Crippen molar-refractivity contribution in [3.63, 3.8) is 0 Å². The van der Waals surface area contributed by atoms with Crippen LogP contribution in [-0.2, 0) is 14.3 Å². The third kappa shape index (κ3) is 5.97. The summed E-state index contributed by atoms with van der Waals surface area (Å²) in [7, 11) is 1.68. The average molecular weight is 202 g/mol. The van der Waals surface area contributed by atoms with Gasteiger partial charge in [-0.1, -0.05) is 13.8 Å². The van der Waals surface area contributed by atoms with Crippen LogP contribution < -0.4 is 0 Å². The van der Waals surface area contributed by atoms with Crippen LogP contribution in [0.1, 0.15) is 39.5 Å². The molecule has 0 fully saturated rings. The Bertz CT molecular complexity index is 141. The summed E-state index contributed by atoms with van der Waals surface area (Å²) in [5, 5.41) is 0. The molecule has 0 aromatic rings. The van der Waals surface area contributed by atoms with Gasteiger partial charge in [-0.25, -0.2) is 0 Å². The minimum absolute atomic E-state index is 0.0487. The first-order valence-corrected chi connectivity index (χ1v) is 5.41. The Kier molecular flexibility index (Phi) is 8.64. The zero-order valence-corrected chi connectivity index (χ0v) is 9.54. The van der Waals surface area contributed by atoms with Gasteiger partial charge in [0.25, 0.3) is 0 Å². The predicted octanol–water partition coefficient (Wildman–Crippen LogP) is 2.39. The van der Waals surface area contributed by atoms with Gasteiger partial charge >= 0.3 is 5.97 Å². The molecule has 3 nitrogen and oxygen atoms in total. The molecule has 0 spiro atoms. The summed E-state index contributed by atoms with van der Waals surface area (Å²) >= 11 is 0. The quantitative estimate of drug-likeness (QED) is 0.448. The number of ether oxygens (including phenoxy) is 2. The molecule has 0 heterocycles. The number of carbonyl (C=O) groups excluding carboxylic acids is 1. The molecule has 0 rings (SSSR count). The lowest BCUT2D eigenvalue weighted by Crippen LogP contribution is -2.17. The van der Waals surface area contributed by atoms with E-state index in [0.717, 1.165) is 32.3 Å². The SMILES string of the molecule is CCC(CC)C(=O)OCCCCOC. The van der Waals surface area contributed by atoms with E-state index in [2.05, 4.69) is 0 Å². The summed E-state index contributed by atoms with van der Waals surface area (Å²) in [6.45, 7) is 5.29. The molecule has 84 valence electrons. The van der Waals surface area contributed by atoms with Gasteiger partial charge in [0.15, 0.2) is 0 Å². The van der Waals surface area contributed by atoms with Crippen molar-refractivity contribution in [2.75, 3.05) is 20.3 Å². The molecule has 0 bridgehead atoms. The topological polar surface area (TPSA) is 35.5 Å². The third-order valence-corrected chi connectivity index (χ3v) is 2.31. The first kappa shape index (κ1) is 13.4. The van der Waals surface area contributed by atoms with Crippen molar-refractivity contribution >= 4 is 5.97 Å². The van der Waals surface area contributed by atoms with Gasteiger partial charge < -0.3 is 9.47 Å². The van der Waals surface area contributed by atoms with Crippen molar-refractivity contribution in [1.29, 1.82) is 0 Å². The summed E-state index contributed by atoms with van der Waals surface area (Å²) in [5.41, 5.74) is 0. The van der Waals surface area contributed by atoms with E-state index in [1.54, 1.807) is 7.11 Å². The van der Waals surface area contributed by atoms with Crippen LogP contribution >= 0.6 is 0 Å². The highest BCUT2D eigenvalue weighted by Crippen LogP contribution is 2.09. The van der Waals surface area contributed by atoms with E-state index < -0.39 is 0 Å². The van der Waals surface area contributed by atoms with Gasteiger partial charge in [0.2, 0.25) is 0 Å². The first-order chi connectivity index (χ1) is 6.76. The number of methoxy groups -OCH3 is 1. The lowest BCUT2D eigenvalue weighted by Gasteiger charge is -2.11. The molecule has 0 unspecified atom stereocenters. The Balaban J connectivity index is 3.43. The van der Waals surface area contributed by atoms with Gasteiger partial charge in [-0.15, -0.1) is 0 Å². The van der Waals surface area contributed by atoms with E-state index >= 15 is 0 Å². The number of hydrogen-bond acceptors (Lipinski definition) is 3. The highest BCUT2D eigenvalue weighted by molar-refractivity contribution is 5.72. The standard InChI is InChI=1S/C11H22O3/c1-4-10(5-2)11(12)14-9-7-6-8-13-3/h10H,4-9H2,1-3H3. The molecule has 0 amide bonds. The number of rotatable bonds is 8. The van der Waals surface area contributed by atoms with Gasteiger partial charge in [0.05, 0.1) is 12.5 Å². The van der Waals surface area contributed by atoms with Crippen molar-refractivity contribution in [3.8, 4) is 0 Å². The average Bonchev–Trinajstić information content (AvgIpc) is 2.19. The summed E-state index contributed by atoms with van der Waals surface area (Å²) < 4.78 is 10.0. The van der Waals surface area contributed by atoms with E-state index in [0.29, 0.717) is 6.61 Å². The van der Waals surface area contributed by atoms with Crippen LogP contribution in [-0.4, -0.2) is 26.3 Å². The smallest absolute Gasteiger partial charge is 0.308 e. The van der Waals surface area contributed by atoms with Crippen LogP contribution in [0.25, 0.3) is 0 Å². The second-order valence-corrected chi connectivity index (χ2v) is 3.38. The number of unbranched alkanes of at least 4 members (excludes halogenated alkanes) is 1. The van der Waals surface area contributed by atoms with Crippen molar-refractivity contribution in [1.82, 2.24) is 0 Å². The van der Waals surface area contributed by atoms with Crippen molar-refractivity contribution in [3.05, 3.63) is 0 Å². The highest BCUT2D eigenvalue weighted by atomic mass is 16.5. The van der Waals surface area contributed by atoms with E-state index in [1.165, 1.54) is 0 Å². The minimum Gasteiger partial charge on any atom is -0.465 e. The maximum Gasteiger partial charge on any atom is 0.308 e. The maximum absolute atomic E-state index is 11.4. The number of hydrogen-bond donors (Lipinski definition) is 0. The summed E-state index contributed by atoms with van der Waals surface area (Å²) in [6.07, 6.45) is 3.58. The zero-order chi connectivity index (χ0) is 10.8. The molecule has 0 saturated heterocycles. The van der Waals surface area contributed by atoms with Gasteiger partial charge in [-0.05, 0) is 25.7 Å². The third-order valence-electron chi connectivity index (χ3n) is 2.31. The lowest BCUT2D eigenvalue weighted by molar-refractivity contribution is -0.148. The fraction of sp³-hybridized carbons (Fsp3) is 0.909. The largest absolute Gasteiger partial charge is 0.465 e. The normalized spacial score (nSPS) is 10.6. The Morgan fingerprint density at radius 1 is 1.14 bits per heavy atom. The van der Waals surface area contributed by atoms with Crippen LogP contribution in [0.4, 0.5) is 0 Å². The zero-order valence-electron chi connectivity index (χ0n) is 9.54. The molecule has 0 aliphatic heterocycles. The Morgan fingerprint density at radius 3 is 2.21 bits per heavy atom. The van der Waals surface area contributed by atoms with Crippen LogP contribution in [0.5, 0.6) is 0 Å². The minimum atomic E-state index is -0.0487. The molecule has 0 aromatic carbocycles. The molecule has 0 aliphatic carbocycles. The molecular formula is C11H22O3. The van der Waals surface area contributed by atoms with Crippen molar-refractivity contribution in [2.45, 2.75) is 39.5 Å². The van der Waals surface area contributed by atoms with E-state index in [-0.39, 0.29) is 11.9 Å². The molecule has 3 heteroatoms. The second-order valence-electron chi connectivity index (χ2n) is 3.38. The Morgan fingerprint density at radius 2 is 1.71 bits per heavy atom. The first-order valence-electron chi connectivity index (χ1n) is 5.41. The van der Waals surface area contributed by atoms with E-state index in [1.807, 2.05) is 13.8 Å². The fourth-order valence-electron chi connectivity index (χ4n) is 1.26. The molecular weight excluding hydrogens is 180 g/mol. The molecule has 14 heavy (non-hydrogen) atoms. The van der Waals surface area contributed by atoms with Gasteiger partial charge in [-0.3, -0.25) is 4.79 Å². The summed E-state index contributed by atoms with van der Waals surface area (Å²) in [4.78, 5) is 11.4. The van der Waals surface area contributed by atoms with Gasteiger partial charge in [-0.2, -0.15) is 0 Å². The molecule has 0 radical (unpaired) electrons. The van der Waals surface area contributed by atoms with Gasteiger partial charge in [0.1, 0.15) is 0 Å². The predicted molar refractivity (Wildman–Crippen MR) is 56.1 cm³/mol. The van der Waals surface area contributed by atoms with Crippen molar-refractivity contribution in [2.24, 2.45) is 5.92 Å². The second kappa shape index (κ2) is 9.00. The van der Waals surface area contributed by atoms with Crippen LogP contribution in [0.2, 0.25) is 0 Å². The van der Waals surface area contributed by atoms with Crippen molar-refractivity contribution < 1.29 is 14.3 Å². The van der Waals surface area contributed by atoms with E-state index in [9.17, 15) is 4.79 Å². The lowest BCUT2D eigenvalue weighted by atomic mass is 10.0. The summed E-state index contributed by atoms with van der Waals surface area (Å²) in [5.74, 6) is 0.0323. The Labute approximate surface area is 86.8 Å². The van der Waals surface area contributed by atoms with Crippen LogP contribution in [0.3, 0.4) is 0 Å². The molecule has 0 atom stereocenters. The van der Waals surface area contributed by atoms with Crippen LogP contribution in [0.15, 0.2) is 0 Å². The molecule has 0 saturated carbocycles. The Hall–Kier alpha value is -0.570. The highest BCUT2D eigenvalue weighted by Gasteiger charge is 2.14. The maximum atomic E-state index is 11.4.